The second-order valence-corrected chi connectivity index (χ2v) is 7.20. The molecule has 1 fully saturated rings. The van der Waals surface area contributed by atoms with E-state index in [-0.39, 0.29) is 29.9 Å². The van der Waals surface area contributed by atoms with Gasteiger partial charge in [0, 0.05) is 49.4 Å². The number of guanidine groups is 1. The first-order valence-electron chi connectivity index (χ1n) is 8.95. The number of amides is 1. The number of carbonyl (C=O) groups is 1. The summed E-state index contributed by atoms with van der Waals surface area (Å²) in [6.45, 7) is 3.00. The maximum Gasteiger partial charge on any atom is 0.287 e. The van der Waals surface area contributed by atoms with Crippen LogP contribution in [0.25, 0.3) is 0 Å². The van der Waals surface area contributed by atoms with Crippen LogP contribution < -0.4 is 20.9 Å². The molecule has 1 aliphatic heterocycles. The lowest BCUT2D eigenvalue weighted by Crippen LogP contribution is -2.46. The molecule has 0 aliphatic carbocycles. The number of hydrogen-bond donors (Lipinski definition) is 3. The van der Waals surface area contributed by atoms with Gasteiger partial charge in [-0.05, 0) is 42.8 Å². The summed E-state index contributed by atoms with van der Waals surface area (Å²) in [5.41, 5.74) is 1.23. The Morgan fingerprint density at radius 3 is 2.68 bits per heavy atom. The van der Waals surface area contributed by atoms with E-state index in [1.807, 2.05) is 0 Å². The molecule has 2 heterocycles. The maximum absolute atomic E-state index is 11.8. The van der Waals surface area contributed by atoms with E-state index in [0.717, 1.165) is 29.9 Å². The highest BCUT2D eigenvalue weighted by atomic mass is 127. The van der Waals surface area contributed by atoms with Gasteiger partial charge in [-0.2, -0.15) is 0 Å². The van der Waals surface area contributed by atoms with Gasteiger partial charge in [0.15, 0.2) is 11.7 Å². The Morgan fingerprint density at radius 2 is 2.00 bits per heavy atom. The summed E-state index contributed by atoms with van der Waals surface area (Å²) in [4.78, 5) is 18.4. The molecule has 1 amide bonds. The lowest BCUT2D eigenvalue weighted by atomic mass is 10.3. The van der Waals surface area contributed by atoms with Gasteiger partial charge in [-0.3, -0.25) is 9.79 Å². The van der Waals surface area contributed by atoms with Gasteiger partial charge in [-0.25, -0.2) is 0 Å². The molecule has 9 heteroatoms. The number of rotatable bonds is 6. The number of anilines is 1. The molecule has 1 unspecified atom stereocenters. The number of hydrogen-bond acceptors (Lipinski definition) is 4. The van der Waals surface area contributed by atoms with Crippen molar-refractivity contribution in [2.75, 3.05) is 38.1 Å². The molecule has 3 rings (SSSR count). The first-order valence-corrected chi connectivity index (χ1v) is 9.74. The fraction of sp³-hybridized carbons (Fsp3) is 0.368. The number of nitrogens with zero attached hydrogens (tertiary/aromatic N) is 2. The second-order valence-electron chi connectivity index (χ2n) is 6.28. The van der Waals surface area contributed by atoms with E-state index in [1.54, 1.807) is 19.2 Å². The summed E-state index contributed by atoms with van der Waals surface area (Å²) < 4.78 is 6.15. The lowest BCUT2D eigenvalue weighted by molar-refractivity contribution is 0.0926. The summed E-state index contributed by atoms with van der Waals surface area (Å²) in [5, 5.41) is 9.48. The Morgan fingerprint density at radius 1 is 1.25 bits per heavy atom. The topological polar surface area (TPSA) is 81.9 Å². The Labute approximate surface area is 190 Å². The van der Waals surface area contributed by atoms with Crippen molar-refractivity contribution in [1.29, 1.82) is 0 Å². The van der Waals surface area contributed by atoms with Gasteiger partial charge in [-0.1, -0.05) is 15.9 Å². The quantitative estimate of drug-likeness (QED) is 0.219. The Kier molecular flexibility index (Phi) is 9.10. The molecule has 0 bridgehead atoms. The zero-order chi connectivity index (χ0) is 19.1. The fourth-order valence-corrected chi connectivity index (χ4v) is 3.27. The monoisotopic (exact) mass is 561 g/mol. The van der Waals surface area contributed by atoms with Crippen LogP contribution >= 0.6 is 39.9 Å². The summed E-state index contributed by atoms with van der Waals surface area (Å²) in [5.74, 6) is 0.840. The lowest BCUT2D eigenvalue weighted by Gasteiger charge is -2.20. The summed E-state index contributed by atoms with van der Waals surface area (Å²) in [6.07, 6.45) is 2.53. The second kappa shape index (κ2) is 11.3. The van der Waals surface area contributed by atoms with Gasteiger partial charge in [0.25, 0.3) is 5.91 Å². The van der Waals surface area contributed by atoms with Crippen LogP contribution in [0.2, 0.25) is 0 Å². The molecule has 1 aliphatic rings. The molecule has 1 atom stereocenters. The number of aliphatic imine (C=N–C) groups is 1. The number of benzene rings is 1. The highest BCUT2D eigenvalue weighted by Gasteiger charge is 2.23. The highest BCUT2D eigenvalue weighted by molar-refractivity contribution is 14.0. The predicted octanol–water partition coefficient (Wildman–Crippen LogP) is 2.83. The first kappa shape index (κ1) is 22.5. The van der Waals surface area contributed by atoms with Crippen molar-refractivity contribution >= 4 is 57.5 Å². The third kappa shape index (κ3) is 6.40. The van der Waals surface area contributed by atoms with Gasteiger partial charge in [0.1, 0.15) is 0 Å². The number of carbonyl (C=O) groups excluding carboxylic acids is 1. The number of furan rings is 1. The van der Waals surface area contributed by atoms with Crippen molar-refractivity contribution in [3.05, 3.63) is 52.9 Å². The van der Waals surface area contributed by atoms with Crippen LogP contribution in [0.5, 0.6) is 0 Å². The molecule has 28 heavy (non-hydrogen) atoms. The molecule has 0 saturated carbocycles. The normalized spacial score (nSPS) is 16.4. The van der Waals surface area contributed by atoms with Crippen LogP contribution in [0, 0.1) is 0 Å². The zero-order valence-corrected chi connectivity index (χ0v) is 19.6. The van der Waals surface area contributed by atoms with E-state index in [0.29, 0.717) is 24.9 Å². The minimum atomic E-state index is -0.217. The molecule has 1 aromatic carbocycles. The molecule has 7 nitrogen and oxygen atoms in total. The molecule has 0 spiro atoms. The molecule has 1 saturated heterocycles. The Hall–Kier alpha value is -1.75. The van der Waals surface area contributed by atoms with Gasteiger partial charge >= 0.3 is 0 Å². The molecular formula is C19H25BrIN5O2. The van der Waals surface area contributed by atoms with E-state index in [9.17, 15) is 4.79 Å². The molecule has 2 aromatic rings. The van der Waals surface area contributed by atoms with Gasteiger partial charge < -0.3 is 25.3 Å². The molecule has 1 aromatic heterocycles. The average molecular weight is 562 g/mol. The van der Waals surface area contributed by atoms with Crippen molar-refractivity contribution in [3.8, 4) is 0 Å². The average Bonchev–Trinajstić information content (AvgIpc) is 3.37. The largest absolute Gasteiger partial charge is 0.459 e. The van der Waals surface area contributed by atoms with Crippen molar-refractivity contribution < 1.29 is 9.21 Å². The SMILES string of the molecule is CN=C(NCCNC(=O)c1ccco1)NC1CCN(c2ccc(Br)cc2)C1.I. The molecule has 0 radical (unpaired) electrons. The first-order chi connectivity index (χ1) is 13.2. The van der Waals surface area contributed by atoms with Crippen LogP contribution in [0.3, 0.4) is 0 Å². The van der Waals surface area contributed by atoms with Crippen LogP contribution in [-0.4, -0.2) is 51.1 Å². The van der Waals surface area contributed by atoms with Crippen molar-refractivity contribution in [2.24, 2.45) is 4.99 Å². The zero-order valence-electron chi connectivity index (χ0n) is 15.7. The standard InChI is InChI=1S/C19H24BrN5O2.HI/c1-21-19(23-10-9-22-18(26)17-3-2-12-27-17)24-15-8-11-25(13-15)16-6-4-14(20)5-7-16;/h2-7,12,15H,8-11,13H2,1H3,(H,22,26)(H2,21,23,24);1H. The number of nitrogens with one attached hydrogen (secondary N) is 3. The van der Waals surface area contributed by atoms with Gasteiger partial charge in [0.05, 0.1) is 6.26 Å². The summed E-state index contributed by atoms with van der Waals surface area (Å²) in [7, 11) is 1.75. The van der Waals surface area contributed by atoms with E-state index in [1.165, 1.54) is 12.0 Å². The third-order valence-corrected chi connectivity index (χ3v) is 4.92. The predicted molar refractivity (Wildman–Crippen MR) is 126 cm³/mol. The fourth-order valence-electron chi connectivity index (χ4n) is 3.00. The Bertz CT molecular complexity index is 767. The molecular weight excluding hydrogens is 537 g/mol. The Balaban J connectivity index is 0.00000280. The minimum absolute atomic E-state index is 0. The van der Waals surface area contributed by atoms with Crippen molar-refractivity contribution in [1.82, 2.24) is 16.0 Å². The molecule has 3 N–H and O–H groups in total. The smallest absolute Gasteiger partial charge is 0.287 e. The maximum atomic E-state index is 11.8. The van der Waals surface area contributed by atoms with E-state index < -0.39 is 0 Å². The molecule has 152 valence electrons. The highest BCUT2D eigenvalue weighted by Crippen LogP contribution is 2.22. The minimum Gasteiger partial charge on any atom is -0.459 e. The van der Waals surface area contributed by atoms with Gasteiger partial charge in [0.2, 0.25) is 0 Å². The van der Waals surface area contributed by atoms with Crippen molar-refractivity contribution in [3.63, 3.8) is 0 Å². The van der Waals surface area contributed by atoms with E-state index >= 15 is 0 Å². The van der Waals surface area contributed by atoms with Crippen LogP contribution in [0.4, 0.5) is 5.69 Å². The van der Waals surface area contributed by atoms with E-state index in [2.05, 4.69) is 66.0 Å². The third-order valence-electron chi connectivity index (χ3n) is 4.39. The van der Waals surface area contributed by atoms with Crippen molar-refractivity contribution in [2.45, 2.75) is 12.5 Å². The summed E-state index contributed by atoms with van der Waals surface area (Å²) in [6, 6.07) is 12.0. The van der Waals surface area contributed by atoms with Crippen LogP contribution in [0.15, 0.2) is 56.5 Å². The van der Waals surface area contributed by atoms with E-state index in [4.69, 9.17) is 4.42 Å². The van der Waals surface area contributed by atoms with Gasteiger partial charge in [-0.15, -0.1) is 24.0 Å². The van der Waals surface area contributed by atoms with Crippen LogP contribution in [-0.2, 0) is 0 Å². The van der Waals surface area contributed by atoms with Crippen LogP contribution in [0.1, 0.15) is 17.0 Å². The number of halogens is 2. The summed E-state index contributed by atoms with van der Waals surface area (Å²) >= 11 is 3.47.